The normalized spacial score (nSPS) is 13.0. The third-order valence-corrected chi connectivity index (χ3v) is 5.74. The van der Waals surface area contributed by atoms with Gasteiger partial charge < -0.3 is 30.4 Å². The molecule has 1 aromatic heterocycles. The molecular weight excluding hydrogens is 560 g/mol. The quantitative estimate of drug-likeness (QED) is 0.245. The number of halogens is 2. The Morgan fingerprint density at radius 1 is 1.24 bits per heavy atom. The van der Waals surface area contributed by atoms with Crippen LogP contribution in [0.15, 0.2) is 47.3 Å². The van der Waals surface area contributed by atoms with E-state index in [0.29, 0.717) is 14.9 Å². The van der Waals surface area contributed by atoms with E-state index in [1.165, 1.54) is 12.1 Å². The monoisotopic (exact) mass is 585 g/mol. The van der Waals surface area contributed by atoms with Crippen molar-refractivity contribution in [1.82, 2.24) is 9.55 Å². The van der Waals surface area contributed by atoms with Gasteiger partial charge in [0, 0.05) is 9.13 Å². The summed E-state index contributed by atoms with van der Waals surface area (Å²) in [6.45, 7) is 2.89. The van der Waals surface area contributed by atoms with Crippen LogP contribution >= 0.6 is 22.6 Å². The van der Waals surface area contributed by atoms with Gasteiger partial charge in [0.2, 0.25) is 11.8 Å². The number of nitrogens with zero attached hydrogens (tertiary/aromatic N) is 1. The summed E-state index contributed by atoms with van der Waals surface area (Å²) in [5, 5.41) is 31.6. The van der Waals surface area contributed by atoms with E-state index < -0.39 is 48.0 Å². The highest BCUT2D eigenvalue weighted by molar-refractivity contribution is 14.1. The number of ether oxygens (including phenoxy) is 1. The Labute approximate surface area is 208 Å². The average molecular weight is 585 g/mol. The fourth-order valence-electron chi connectivity index (χ4n) is 3.38. The zero-order valence-corrected chi connectivity index (χ0v) is 20.6. The van der Waals surface area contributed by atoms with E-state index in [2.05, 4.69) is 10.3 Å². The van der Waals surface area contributed by atoms with E-state index in [1.807, 2.05) is 22.6 Å². The van der Waals surface area contributed by atoms with Crippen LogP contribution in [0.4, 0.5) is 10.1 Å². The van der Waals surface area contributed by atoms with Crippen LogP contribution in [0, 0.1) is 15.3 Å². The maximum absolute atomic E-state index is 14.2. The number of aromatic hydroxyl groups is 1. The number of amides is 1. The smallest absolute Gasteiger partial charge is 0.329 e. The first kappa shape index (κ1) is 25.7. The van der Waals surface area contributed by atoms with Gasteiger partial charge >= 0.3 is 5.69 Å². The molecule has 0 unspecified atom stereocenters. The number of aromatic amines is 1. The third kappa shape index (κ3) is 5.77. The van der Waals surface area contributed by atoms with Gasteiger partial charge in [-0.25, -0.2) is 13.8 Å². The highest BCUT2D eigenvalue weighted by Gasteiger charge is 2.30. The minimum atomic E-state index is -1.11. The van der Waals surface area contributed by atoms with E-state index in [9.17, 15) is 24.2 Å². The van der Waals surface area contributed by atoms with Crippen LogP contribution in [0.25, 0.3) is 11.3 Å². The number of rotatable bonds is 9. The summed E-state index contributed by atoms with van der Waals surface area (Å²) in [7, 11) is 0. The number of imidazole rings is 1. The number of carbonyl (C=O) groups is 1. The lowest BCUT2D eigenvalue weighted by molar-refractivity contribution is -0.120. The average Bonchev–Trinajstić information content (AvgIpc) is 3.08. The molecule has 0 fully saturated rings. The van der Waals surface area contributed by atoms with Crippen molar-refractivity contribution in [3.8, 4) is 22.9 Å². The summed E-state index contributed by atoms with van der Waals surface area (Å²) < 4.78 is 21.2. The Balaban J connectivity index is 1.88. The maximum Gasteiger partial charge on any atom is 0.329 e. The molecule has 182 valence electrons. The van der Waals surface area contributed by atoms with Gasteiger partial charge in [-0.1, -0.05) is 13.8 Å². The summed E-state index contributed by atoms with van der Waals surface area (Å²) >= 11 is 1.95. The first-order chi connectivity index (χ1) is 16.1. The van der Waals surface area contributed by atoms with Crippen molar-refractivity contribution in [3.63, 3.8) is 0 Å². The molecule has 0 spiro atoms. The van der Waals surface area contributed by atoms with Crippen molar-refractivity contribution in [2.45, 2.75) is 26.0 Å². The van der Waals surface area contributed by atoms with Crippen LogP contribution in [0.2, 0.25) is 0 Å². The topological polar surface area (TPSA) is 137 Å². The Morgan fingerprint density at radius 2 is 1.91 bits per heavy atom. The number of aliphatic hydroxyl groups is 2. The predicted molar refractivity (Wildman–Crippen MR) is 132 cm³/mol. The Hall–Kier alpha value is -2.90. The van der Waals surface area contributed by atoms with Crippen molar-refractivity contribution >= 4 is 34.2 Å². The van der Waals surface area contributed by atoms with E-state index in [4.69, 9.17) is 9.84 Å². The van der Waals surface area contributed by atoms with Crippen LogP contribution in [-0.4, -0.2) is 50.1 Å². The molecule has 0 aliphatic heterocycles. The largest absolute Gasteiger partial charge is 0.493 e. The van der Waals surface area contributed by atoms with Gasteiger partial charge in [0.15, 0.2) is 0 Å². The fourth-order valence-corrected chi connectivity index (χ4v) is 3.83. The molecule has 1 heterocycles. The highest BCUT2D eigenvalue weighted by Crippen LogP contribution is 2.32. The van der Waals surface area contributed by atoms with Gasteiger partial charge in [-0.3, -0.25) is 4.79 Å². The molecule has 5 N–H and O–H groups in total. The van der Waals surface area contributed by atoms with Gasteiger partial charge in [-0.05, 0) is 71.0 Å². The zero-order chi connectivity index (χ0) is 25.0. The van der Waals surface area contributed by atoms with Crippen molar-refractivity contribution in [2.24, 2.45) is 5.92 Å². The van der Waals surface area contributed by atoms with Crippen LogP contribution in [-0.2, 0) is 4.79 Å². The summed E-state index contributed by atoms with van der Waals surface area (Å²) in [6, 6.07) is 9.54. The summed E-state index contributed by atoms with van der Waals surface area (Å²) in [5.41, 5.74) is -0.169. The van der Waals surface area contributed by atoms with Crippen molar-refractivity contribution in [2.75, 3.05) is 18.5 Å². The summed E-state index contributed by atoms with van der Waals surface area (Å²) in [4.78, 5) is 28.3. The molecule has 9 nitrogen and oxygen atoms in total. The van der Waals surface area contributed by atoms with E-state index in [0.717, 1.165) is 4.57 Å². The van der Waals surface area contributed by atoms with Gasteiger partial charge in [0.25, 0.3) is 0 Å². The molecule has 2 aromatic carbocycles. The van der Waals surface area contributed by atoms with Crippen LogP contribution in [0.3, 0.4) is 0 Å². The van der Waals surface area contributed by atoms with Gasteiger partial charge in [-0.2, -0.15) is 0 Å². The number of aliphatic hydroxyl groups excluding tert-OH is 2. The summed E-state index contributed by atoms with van der Waals surface area (Å²) in [5.74, 6) is -1.69. The molecule has 3 aromatic rings. The molecule has 1 amide bonds. The second-order valence-electron chi connectivity index (χ2n) is 7.97. The molecule has 0 aliphatic carbocycles. The molecule has 0 radical (unpaired) electrons. The molecular formula is C23H25FIN3O6. The standard InChI is InChI=1S/C23H25FIN3O6/c1-12(2)20(21(31)26-18-8-5-14(25)9-17(18)24)28-22(32)19(27-23(28)33)13-3-6-16(7-4-13)34-11-15(30)10-29/h3-9,12,15,20,29-30,32H,10-11H2,1-2H3,(H,26,31)(H,27,33)/t15-,20+/m1/s1. The Kier molecular flexibility index (Phi) is 8.33. The molecule has 11 heteroatoms. The first-order valence-electron chi connectivity index (χ1n) is 10.4. The highest BCUT2D eigenvalue weighted by atomic mass is 127. The van der Waals surface area contributed by atoms with Crippen molar-refractivity contribution < 1.29 is 29.2 Å². The number of benzene rings is 2. The number of H-pyrrole nitrogens is 1. The zero-order valence-electron chi connectivity index (χ0n) is 18.5. The van der Waals surface area contributed by atoms with Gasteiger partial charge in [0.05, 0.1) is 12.3 Å². The number of carbonyl (C=O) groups excluding carboxylic acids is 1. The van der Waals surface area contributed by atoms with Crippen LogP contribution in [0.1, 0.15) is 19.9 Å². The number of nitrogens with one attached hydrogen (secondary N) is 2. The molecule has 0 bridgehead atoms. The summed E-state index contributed by atoms with van der Waals surface area (Å²) in [6.07, 6.45) is -1.01. The number of hydrogen-bond donors (Lipinski definition) is 5. The molecule has 2 atom stereocenters. The molecule has 0 saturated heterocycles. The molecule has 34 heavy (non-hydrogen) atoms. The lowest BCUT2D eigenvalue weighted by Crippen LogP contribution is -2.35. The van der Waals surface area contributed by atoms with E-state index in [1.54, 1.807) is 44.2 Å². The lowest BCUT2D eigenvalue weighted by Gasteiger charge is -2.22. The Bertz CT molecular complexity index is 1210. The predicted octanol–water partition coefficient (Wildman–Crippen LogP) is 2.86. The maximum atomic E-state index is 14.2. The first-order valence-corrected chi connectivity index (χ1v) is 11.5. The lowest BCUT2D eigenvalue weighted by atomic mass is 10.0. The molecule has 3 rings (SSSR count). The van der Waals surface area contributed by atoms with Crippen molar-refractivity contribution in [3.05, 3.63) is 62.3 Å². The number of aromatic nitrogens is 2. The Morgan fingerprint density at radius 3 is 2.50 bits per heavy atom. The third-order valence-electron chi connectivity index (χ3n) is 5.07. The second-order valence-corrected chi connectivity index (χ2v) is 9.22. The van der Waals surface area contributed by atoms with E-state index in [-0.39, 0.29) is 18.0 Å². The van der Waals surface area contributed by atoms with Gasteiger partial charge in [-0.15, -0.1) is 0 Å². The molecule has 0 aliphatic rings. The van der Waals surface area contributed by atoms with Crippen LogP contribution in [0.5, 0.6) is 11.6 Å². The molecule has 0 saturated carbocycles. The second kappa shape index (κ2) is 11.0. The minimum absolute atomic E-state index is 0.0266. The van der Waals surface area contributed by atoms with E-state index >= 15 is 0 Å². The number of hydrogen-bond acceptors (Lipinski definition) is 6. The minimum Gasteiger partial charge on any atom is -0.493 e. The number of anilines is 1. The van der Waals surface area contributed by atoms with Gasteiger partial charge in [0.1, 0.15) is 36.0 Å². The van der Waals surface area contributed by atoms with Crippen molar-refractivity contribution in [1.29, 1.82) is 0 Å². The van der Waals surface area contributed by atoms with Crippen LogP contribution < -0.4 is 15.7 Å². The fraction of sp³-hybridized carbons (Fsp3) is 0.304. The SMILES string of the molecule is CC(C)[C@@H](C(=O)Nc1ccc(I)cc1F)n1c(O)c(-c2ccc(OC[C@H](O)CO)cc2)[nH]c1=O.